The summed E-state index contributed by atoms with van der Waals surface area (Å²) in [5, 5.41) is 9.80. The van der Waals surface area contributed by atoms with Crippen molar-refractivity contribution in [3.63, 3.8) is 0 Å². The monoisotopic (exact) mass is 390 g/mol. The number of carboxylic acid groups (broad SMARTS) is 1. The zero-order chi connectivity index (χ0) is 19.9. The number of carbonyl (C=O) groups is 3. The van der Waals surface area contributed by atoms with Crippen LogP contribution in [0.25, 0.3) is 0 Å². The summed E-state index contributed by atoms with van der Waals surface area (Å²) in [4.78, 5) is 41.8. The van der Waals surface area contributed by atoms with Crippen LogP contribution in [0.5, 0.6) is 0 Å². The normalized spacial score (nSPS) is 26.1. The van der Waals surface area contributed by atoms with Crippen LogP contribution in [0.2, 0.25) is 0 Å². The lowest BCUT2D eigenvalue weighted by Crippen LogP contribution is -2.57. The van der Waals surface area contributed by atoms with Crippen LogP contribution in [0, 0.1) is 5.92 Å². The van der Waals surface area contributed by atoms with E-state index >= 15 is 0 Å². The van der Waals surface area contributed by atoms with Crippen molar-refractivity contribution in [1.82, 2.24) is 14.8 Å². The van der Waals surface area contributed by atoms with E-state index in [1.165, 1.54) is 0 Å². The summed E-state index contributed by atoms with van der Waals surface area (Å²) in [5.74, 6) is -0.327. The average molecular weight is 390 g/mol. The van der Waals surface area contributed by atoms with Gasteiger partial charge in [-0.25, -0.2) is 4.79 Å². The molecule has 9 nitrogen and oxygen atoms in total. The van der Waals surface area contributed by atoms with Crippen molar-refractivity contribution in [3.05, 3.63) is 24.5 Å². The molecule has 3 aliphatic rings. The predicted octanol–water partition coefficient (Wildman–Crippen LogP) is 1.42. The van der Waals surface area contributed by atoms with Gasteiger partial charge in [-0.1, -0.05) is 0 Å². The van der Waals surface area contributed by atoms with Crippen LogP contribution in [-0.2, 0) is 14.3 Å². The second kappa shape index (κ2) is 9.50. The molecule has 0 aliphatic carbocycles. The summed E-state index contributed by atoms with van der Waals surface area (Å²) in [6, 6.07) is 3.78. The molecule has 3 amide bonds. The second-order valence-corrected chi connectivity index (χ2v) is 7.16. The molecule has 28 heavy (non-hydrogen) atoms. The van der Waals surface area contributed by atoms with Gasteiger partial charge in [-0.15, -0.1) is 0 Å². The summed E-state index contributed by atoms with van der Waals surface area (Å²) >= 11 is 0. The predicted molar refractivity (Wildman–Crippen MR) is 101 cm³/mol. The van der Waals surface area contributed by atoms with Gasteiger partial charge in [0.1, 0.15) is 0 Å². The number of urea groups is 1. The van der Waals surface area contributed by atoms with E-state index < -0.39 is 0 Å². The lowest BCUT2D eigenvalue weighted by atomic mass is 9.89. The lowest BCUT2D eigenvalue weighted by Gasteiger charge is -2.41. The van der Waals surface area contributed by atoms with Crippen molar-refractivity contribution in [3.8, 4) is 0 Å². The first kappa shape index (κ1) is 20.1. The molecule has 0 saturated carbocycles. The SMILES string of the molecule is O=C(Nc1cccnc1)[C@H]1C[C@H]2OCC[C@H]2N(C(=O)N2CCCC2)C1.O=CO. The number of nitrogens with one attached hydrogen (secondary N) is 1. The highest BCUT2D eigenvalue weighted by Crippen LogP contribution is 2.33. The van der Waals surface area contributed by atoms with Crippen LogP contribution in [0.1, 0.15) is 25.7 Å². The Morgan fingerprint density at radius 2 is 2.07 bits per heavy atom. The molecule has 0 bridgehead atoms. The highest BCUT2D eigenvalue weighted by molar-refractivity contribution is 5.93. The van der Waals surface area contributed by atoms with E-state index in [9.17, 15) is 9.59 Å². The second-order valence-electron chi connectivity index (χ2n) is 7.16. The molecular formula is C19H26N4O5. The van der Waals surface area contributed by atoms with Crippen LogP contribution in [0.15, 0.2) is 24.5 Å². The van der Waals surface area contributed by atoms with Gasteiger partial charge in [-0.05, 0) is 37.8 Å². The number of rotatable bonds is 2. The van der Waals surface area contributed by atoms with Gasteiger partial charge in [0.2, 0.25) is 5.91 Å². The quantitative estimate of drug-likeness (QED) is 0.739. The third kappa shape index (κ3) is 4.59. The Kier molecular flexibility index (Phi) is 6.80. The third-order valence-corrected chi connectivity index (χ3v) is 5.43. The molecule has 3 saturated heterocycles. The van der Waals surface area contributed by atoms with Gasteiger partial charge in [0.15, 0.2) is 0 Å². The number of hydrogen-bond donors (Lipinski definition) is 2. The highest BCUT2D eigenvalue weighted by Gasteiger charge is 2.45. The summed E-state index contributed by atoms with van der Waals surface area (Å²) in [7, 11) is 0. The first-order valence-electron chi connectivity index (χ1n) is 9.60. The Bertz CT molecular complexity index is 680. The Balaban J connectivity index is 0.000000706. The number of piperidine rings is 1. The number of pyridine rings is 1. The van der Waals surface area contributed by atoms with Crippen molar-refractivity contribution in [2.24, 2.45) is 5.92 Å². The van der Waals surface area contributed by atoms with Gasteiger partial charge < -0.3 is 25.0 Å². The number of ether oxygens (including phenoxy) is 1. The molecule has 0 radical (unpaired) electrons. The van der Waals surface area contributed by atoms with Crippen molar-refractivity contribution in [1.29, 1.82) is 0 Å². The highest BCUT2D eigenvalue weighted by atomic mass is 16.5. The minimum absolute atomic E-state index is 0.0371. The van der Waals surface area contributed by atoms with Crippen molar-refractivity contribution >= 4 is 24.1 Å². The smallest absolute Gasteiger partial charge is 0.320 e. The van der Waals surface area contributed by atoms with E-state index in [4.69, 9.17) is 14.6 Å². The number of amides is 3. The molecule has 3 fully saturated rings. The molecule has 3 aliphatic heterocycles. The first-order chi connectivity index (χ1) is 13.6. The topological polar surface area (TPSA) is 112 Å². The number of aromatic nitrogens is 1. The molecule has 4 rings (SSSR count). The molecule has 152 valence electrons. The number of nitrogens with zero attached hydrogens (tertiary/aromatic N) is 3. The third-order valence-electron chi connectivity index (χ3n) is 5.43. The van der Waals surface area contributed by atoms with Crippen LogP contribution in [-0.4, -0.2) is 76.7 Å². The van der Waals surface area contributed by atoms with E-state index in [0.717, 1.165) is 32.4 Å². The van der Waals surface area contributed by atoms with Crippen molar-refractivity contribution < 1.29 is 24.2 Å². The minimum atomic E-state index is -0.258. The van der Waals surface area contributed by atoms with E-state index in [1.54, 1.807) is 18.5 Å². The Hall–Kier alpha value is -2.68. The molecule has 1 aromatic rings. The fourth-order valence-corrected chi connectivity index (χ4v) is 4.13. The Morgan fingerprint density at radius 3 is 2.75 bits per heavy atom. The molecule has 9 heteroatoms. The van der Waals surface area contributed by atoms with E-state index in [2.05, 4.69) is 10.3 Å². The van der Waals surface area contributed by atoms with Crippen molar-refractivity contribution in [2.75, 3.05) is 31.6 Å². The summed E-state index contributed by atoms with van der Waals surface area (Å²) in [6.07, 6.45) is 6.92. The van der Waals surface area contributed by atoms with Gasteiger partial charge in [-0.3, -0.25) is 14.6 Å². The van der Waals surface area contributed by atoms with E-state index in [1.807, 2.05) is 15.9 Å². The molecular weight excluding hydrogens is 364 g/mol. The lowest BCUT2D eigenvalue weighted by molar-refractivity contribution is -0.124. The standard InChI is InChI=1S/C18H24N4O3.CH2O2/c23-17(20-14-4-3-6-19-11-14)13-10-16-15(5-9-25-16)22(12-13)18(24)21-7-1-2-8-21;2-1-3/h3-4,6,11,13,15-16H,1-2,5,7-10,12H2,(H,20,23);1H,(H,2,3)/t13-,15+,16+;/m0./s1. The number of carbonyl (C=O) groups excluding carboxylic acids is 2. The molecule has 0 aromatic carbocycles. The molecule has 2 N–H and O–H groups in total. The van der Waals surface area contributed by atoms with Crippen LogP contribution < -0.4 is 5.32 Å². The largest absolute Gasteiger partial charge is 0.483 e. The van der Waals surface area contributed by atoms with E-state index in [-0.39, 0.29) is 36.5 Å². The summed E-state index contributed by atoms with van der Waals surface area (Å²) in [5.41, 5.74) is 0.680. The molecule has 4 heterocycles. The zero-order valence-electron chi connectivity index (χ0n) is 15.7. The number of anilines is 1. The Morgan fingerprint density at radius 1 is 1.32 bits per heavy atom. The zero-order valence-corrected chi connectivity index (χ0v) is 15.7. The average Bonchev–Trinajstić information content (AvgIpc) is 3.40. The van der Waals surface area contributed by atoms with Gasteiger partial charge in [0, 0.05) is 32.4 Å². The van der Waals surface area contributed by atoms with E-state index in [0.29, 0.717) is 25.3 Å². The van der Waals surface area contributed by atoms with Crippen LogP contribution in [0.4, 0.5) is 10.5 Å². The maximum atomic E-state index is 12.9. The molecule has 1 aromatic heterocycles. The minimum Gasteiger partial charge on any atom is -0.483 e. The summed E-state index contributed by atoms with van der Waals surface area (Å²) < 4.78 is 5.83. The number of hydrogen-bond acceptors (Lipinski definition) is 5. The summed E-state index contributed by atoms with van der Waals surface area (Å²) in [6.45, 7) is 2.52. The molecule has 3 atom stereocenters. The van der Waals surface area contributed by atoms with Crippen molar-refractivity contribution in [2.45, 2.75) is 37.8 Å². The first-order valence-corrected chi connectivity index (χ1v) is 9.60. The maximum absolute atomic E-state index is 12.9. The van der Waals surface area contributed by atoms with Gasteiger partial charge in [0.05, 0.1) is 29.9 Å². The van der Waals surface area contributed by atoms with Gasteiger partial charge in [0.25, 0.3) is 6.47 Å². The van der Waals surface area contributed by atoms with Crippen LogP contribution in [0.3, 0.4) is 0 Å². The fraction of sp³-hybridized carbons (Fsp3) is 0.579. The maximum Gasteiger partial charge on any atom is 0.320 e. The number of fused-ring (bicyclic) bond motifs is 1. The van der Waals surface area contributed by atoms with Gasteiger partial charge >= 0.3 is 6.03 Å². The van der Waals surface area contributed by atoms with Crippen LogP contribution >= 0.6 is 0 Å². The Labute approximate surface area is 163 Å². The molecule has 0 spiro atoms. The number of likely N-dealkylation sites (tertiary alicyclic amines) is 2. The fourth-order valence-electron chi connectivity index (χ4n) is 4.13. The molecule has 0 unspecified atom stereocenters. The van der Waals surface area contributed by atoms with Gasteiger partial charge in [-0.2, -0.15) is 0 Å².